The van der Waals surface area contributed by atoms with Crippen LogP contribution in [0.15, 0.2) is 36.4 Å². The Balaban J connectivity index is 2.09. The summed E-state index contributed by atoms with van der Waals surface area (Å²) in [5.41, 5.74) is 1.02. The third-order valence-corrected chi connectivity index (χ3v) is 2.33. The summed E-state index contributed by atoms with van der Waals surface area (Å²) in [6, 6.07) is 12.2. The molecule has 2 nitrogen and oxygen atoms in total. The SMILES string of the molecule is CC#CCCNc1ccc2ccccc2n1. The van der Waals surface area contributed by atoms with E-state index < -0.39 is 0 Å². The van der Waals surface area contributed by atoms with Crippen molar-refractivity contribution < 1.29 is 0 Å². The van der Waals surface area contributed by atoms with Crippen LogP contribution in [0.2, 0.25) is 0 Å². The predicted molar refractivity (Wildman–Crippen MR) is 68.3 cm³/mol. The molecule has 2 aromatic rings. The van der Waals surface area contributed by atoms with E-state index >= 15 is 0 Å². The van der Waals surface area contributed by atoms with E-state index in [1.807, 2.05) is 31.2 Å². The highest BCUT2D eigenvalue weighted by molar-refractivity contribution is 5.79. The van der Waals surface area contributed by atoms with Crippen molar-refractivity contribution in [2.75, 3.05) is 11.9 Å². The number of nitrogens with one attached hydrogen (secondary N) is 1. The lowest BCUT2D eigenvalue weighted by Gasteiger charge is -2.04. The van der Waals surface area contributed by atoms with Crippen molar-refractivity contribution in [1.29, 1.82) is 0 Å². The number of nitrogens with zero attached hydrogens (tertiary/aromatic N) is 1. The zero-order valence-electron chi connectivity index (χ0n) is 9.33. The number of hydrogen-bond donors (Lipinski definition) is 1. The summed E-state index contributed by atoms with van der Waals surface area (Å²) in [5, 5.41) is 4.43. The Hall–Kier alpha value is -2.01. The van der Waals surface area contributed by atoms with Gasteiger partial charge in [-0.15, -0.1) is 11.8 Å². The molecule has 1 aromatic heterocycles. The summed E-state index contributed by atoms with van der Waals surface area (Å²) in [7, 11) is 0. The monoisotopic (exact) mass is 210 g/mol. The minimum atomic E-state index is 0.839. The predicted octanol–water partition coefficient (Wildman–Crippen LogP) is 3.06. The second-order valence-corrected chi connectivity index (χ2v) is 3.49. The lowest BCUT2D eigenvalue weighted by molar-refractivity contribution is 1.08. The molecule has 0 aliphatic rings. The first-order valence-electron chi connectivity index (χ1n) is 5.39. The van der Waals surface area contributed by atoms with Crippen LogP contribution in [0.4, 0.5) is 5.82 Å². The molecule has 0 bridgehead atoms. The highest BCUT2D eigenvalue weighted by atomic mass is 15.0. The molecule has 0 spiro atoms. The molecule has 0 aliphatic carbocycles. The van der Waals surface area contributed by atoms with Gasteiger partial charge in [0, 0.05) is 18.4 Å². The first-order chi connectivity index (χ1) is 7.90. The fraction of sp³-hybridized carbons (Fsp3) is 0.214. The molecule has 2 rings (SSSR count). The molecule has 0 fully saturated rings. The van der Waals surface area contributed by atoms with Crippen LogP contribution >= 0.6 is 0 Å². The highest BCUT2D eigenvalue weighted by Gasteiger charge is 1.95. The summed E-state index contributed by atoms with van der Waals surface area (Å²) in [6.45, 7) is 2.69. The van der Waals surface area contributed by atoms with Gasteiger partial charge in [0.05, 0.1) is 5.52 Å². The molecular weight excluding hydrogens is 196 g/mol. The Bertz CT molecular complexity index is 535. The molecule has 0 saturated heterocycles. The quantitative estimate of drug-likeness (QED) is 0.622. The van der Waals surface area contributed by atoms with E-state index in [4.69, 9.17) is 0 Å². The molecule has 1 N–H and O–H groups in total. The Morgan fingerprint density at radius 3 is 2.94 bits per heavy atom. The molecule has 16 heavy (non-hydrogen) atoms. The molecule has 0 aliphatic heterocycles. The van der Waals surface area contributed by atoms with Gasteiger partial charge >= 0.3 is 0 Å². The maximum atomic E-state index is 4.51. The van der Waals surface area contributed by atoms with Crippen molar-refractivity contribution in [2.45, 2.75) is 13.3 Å². The molecule has 0 radical (unpaired) electrons. The molecule has 2 heteroatoms. The Morgan fingerprint density at radius 1 is 1.19 bits per heavy atom. The van der Waals surface area contributed by atoms with Crippen LogP contribution in [0, 0.1) is 11.8 Å². The van der Waals surface area contributed by atoms with Crippen molar-refractivity contribution >= 4 is 16.7 Å². The number of hydrogen-bond acceptors (Lipinski definition) is 2. The second kappa shape index (κ2) is 5.18. The average molecular weight is 210 g/mol. The number of fused-ring (bicyclic) bond motifs is 1. The van der Waals surface area contributed by atoms with Gasteiger partial charge in [0.25, 0.3) is 0 Å². The smallest absolute Gasteiger partial charge is 0.126 e. The van der Waals surface area contributed by atoms with Gasteiger partial charge in [-0.25, -0.2) is 4.98 Å². The van der Waals surface area contributed by atoms with Gasteiger partial charge in [-0.3, -0.25) is 0 Å². The average Bonchev–Trinajstić information content (AvgIpc) is 2.34. The van der Waals surface area contributed by atoms with E-state index in [-0.39, 0.29) is 0 Å². The molecule has 1 aromatic carbocycles. The summed E-state index contributed by atoms with van der Waals surface area (Å²) in [4.78, 5) is 4.51. The van der Waals surface area contributed by atoms with Gasteiger partial charge in [-0.1, -0.05) is 18.2 Å². The molecule has 1 heterocycles. The number of benzene rings is 1. The van der Waals surface area contributed by atoms with E-state index in [1.54, 1.807) is 0 Å². The maximum absolute atomic E-state index is 4.51. The summed E-state index contributed by atoms with van der Waals surface area (Å²) < 4.78 is 0. The lowest BCUT2D eigenvalue weighted by atomic mass is 10.2. The maximum Gasteiger partial charge on any atom is 0.126 e. The second-order valence-electron chi connectivity index (χ2n) is 3.49. The largest absolute Gasteiger partial charge is 0.369 e. The van der Waals surface area contributed by atoms with E-state index in [2.05, 4.69) is 34.3 Å². The van der Waals surface area contributed by atoms with Gasteiger partial charge in [-0.05, 0) is 25.1 Å². The molecule has 0 atom stereocenters. The summed E-state index contributed by atoms with van der Waals surface area (Å²) in [5.74, 6) is 6.80. The van der Waals surface area contributed by atoms with Crippen LogP contribution in [-0.2, 0) is 0 Å². The van der Waals surface area contributed by atoms with E-state index in [9.17, 15) is 0 Å². The third kappa shape index (κ3) is 2.52. The summed E-state index contributed by atoms with van der Waals surface area (Å²) >= 11 is 0. The Morgan fingerprint density at radius 2 is 2.06 bits per heavy atom. The number of para-hydroxylation sites is 1. The Labute approximate surface area is 95.7 Å². The third-order valence-electron chi connectivity index (χ3n) is 2.33. The minimum Gasteiger partial charge on any atom is -0.369 e. The van der Waals surface area contributed by atoms with E-state index in [1.165, 1.54) is 5.39 Å². The number of rotatable bonds is 3. The van der Waals surface area contributed by atoms with Crippen molar-refractivity contribution in [3.63, 3.8) is 0 Å². The van der Waals surface area contributed by atoms with Gasteiger partial charge in [0.15, 0.2) is 0 Å². The number of aromatic nitrogens is 1. The normalized spacial score (nSPS) is 9.56. The zero-order valence-corrected chi connectivity index (χ0v) is 9.33. The van der Waals surface area contributed by atoms with E-state index in [0.29, 0.717) is 0 Å². The van der Waals surface area contributed by atoms with Crippen LogP contribution in [0.1, 0.15) is 13.3 Å². The first kappa shape index (κ1) is 10.5. The van der Waals surface area contributed by atoms with Crippen molar-refractivity contribution in [2.24, 2.45) is 0 Å². The molecule has 0 unspecified atom stereocenters. The van der Waals surface area contributed by atoms with Crippen molar-refractivity contribution in [3.8, 4) is 11.8 Å². The van der Waals surface area contributed by atoms with Crippen molar-refractivity contribution in [1.82, 2.24) is 4.98 Å². The van der Waals surface area contributed by atoms with Crippen LogP contribution in [0.3, 0.4) is 0 Å². The fourth-order valence-corrected chi connectivity index (χ4v) is 1.54. The van der Waals surface area contributed by atoms with Gasteiger partial charge < -0.3 is 5.32 Å². The molecule has 0 amide bonds. The van der Waals surface area contributed by atoms with Crippen LogP contribution in [0.25, 0.3) is 10.9 Å². The van der Waals surface area contributed by atoms with Crippen molar-refractivity contribution in [3.05, 3.63) is 36.4 Å². The number of pyridine rings is 1. The zero-order chi connectivity index (χ0) is 11.2. The lowest BCUT2D eigenvalue weighted by Crippen LogP contribution is -2.02. The Kier molecular flexibility index (Phi) is 3.40. The highest BCUT2D eigenvalue weighted by Crippen LogP contribution is 2.14. The topological polar surface area (TPSA) is 24.9 Å². The van der Waals surface area contributed by atoms with E-state index in [0.717, 1.165) is 24.3 Å². The van der Waals surface area contributed by atoms with Crippen LogP contribution < -0.4 is 5.32 Å². The standard InChI is InChI=1S/C14H14N2/c1-2-3-6-11-15-14-10-9-12-7-4-5-8-13(12)16-14/h4-5,7-10H,6,11H2,1H3,(H,15,16). The van der Waals surface area contributed by atoms with Gasteiger partial charge in [0.1, 0.15) is 5.82 Å². The molecule has 80 valence electrons. The van der Waals surface area contributed by atoms with Gasteiger partial charge in [0.2, 0.25) is 0 Å². The molecular formula is C14H14N2. The van der Waals surface area contributed by atoms with Gasteiger partial charge in [-0.2, -0.15) is 0 Å². The molecule has 0 saturated carbocycles. The fourth-order valence-electron chi connectivity index (χ4n) is 1.54. The van der Waals surface area contributed by atoms with Crippen LogP contribution in [0.5, 0.6) is 0 Å². The number of anilines is 1. The van der Waals surface area contributed by atoms with Crippen LogP contribution in [-0.4, -0.2) is 11.5 Å². The summed E-state index contributed by atoms with van der Waals surface area (Å²) in [6.07, 6.45) is 0.852. The first-order valence-corrected chi connectivity index (χ1v) is 5.39. The minimum absolute atomic E-state index is 0.839.